The lowest BCUT2D eigenvalue weighted by Crippen LogP contribution is -2.16. The van der Waals surface area contributed by atoms with Gasteiger partial charge in [0.2, 0.25) is 0 Å². The fraction of sp³-hybridized carbons (Fsp3) is 0.0909. The molecule has 0 unspecified atom stereocenters. The van der Waals surface area contributed by atoms with Crippen molar-refractivity contribution in [2.75, 3.05) is 4.72 Å². The normalized spacial score (nSPS) is 12.0. The van der Waals surface area contributed by atoms with Crippen LogP contribution >= 0.6 is 34.5 Å². The molecule has 0 radical (unpaired) electrons. The Kier molecular flexibility index (Phi) is 3.56. The van der Waals surface area contributed by atoms with Crippen molar-refractivity contribution in [2.24, 2.45) is 0 Å². The first-order valence-electron chi connectivity index (χ1n) is 5.64. The lowest BCUT2D eigenvalue weighted by Gasteiger charge is -2.09. The average Bonchev–Trinajstić information content (AvgIpc) is 2.92. The number of aryl methyl sites for hydroxylation is 1. The van der Waals surface area contributed by atoms with Crippen LogP contribution in [0.15, 0.2) is 28.9 Å². The SMILES string of the molecule is Cc1cnc(Cl)c(NS(=O)(=O)c2c(Cl)nc3sccn23)c1. The number of imidazole rings is 1. The number of nitrogens with zero attached hydrogens (tertiary/aromatic N) is 3. The van der Waals surface area contributed by atoms with Crippen LogP contribution in [0.1, 0.15) is 5.56 Å². The van der Waals surface area contributed by atoms with E-state index in [1.54, 1.807) is 30.8 Å². The summed E-state index contributed by atoms with van der Waals surface area (Å²) in [4.78, 5) is 8.40. The maximum Gasteiger partial charge on any atom is 0.281 e. The molecule has 6 nitrogen and oxygen atoms in total. The van der Waals surface area contributed by atoms with Gasteiger partial charge < -0.3 is 0 Å². The minimum atomic E-state index is -3.94. The Balaban J connectivity index is 2.10. The van der Waals surface area contributed by atoms with Gasteiger partial charge in [-0.1, -0.05) is 23.2 Å². The number of sulfonamides is 1. The van der Waals surface area contributed by atoms with E-state index in [0.717, 1.165) is 5.56 Å². The van der Waals surface area contributed by atoms with Crippen molar-refractivity contribution in [3.05, 3.63) is 39.7 Å². The van der Waals surface area contributed by atoms with Gasteiger partial charge >= 0.3 is 0 Å². The predicted octanol–water partition coefficient (Wildman–Crippen LogP) is 3.21. The van der Waals surface area contributed by atoms with Gasteiger partial charge in [-0.05, 0) is 18.6 Å². The molecule has 0 saturated carbocycles. The molecule has 3 aromatic rings. The Bertz CT molecular complexity index is 933. The number of halogens is 2. The Labute approximate surface area is 134 Å². The van der Waals surface area contributed by atoms with Gasteiger partial charge in [0, 0.05) is 17.8 Å². The molecule has 0 aliphatic rings. The third-order valence-electron chi connectivity index (χ3n) is 2.65. The highest BCUT2D eigenvalue weighted by molar-refractivity contribution is 7.92. The molecule has 10 heteroatoms. The van der Waals surface area contributed by atoms with Crippen molar-refractivity contribution in [1.29, 1.82) is 0 Å². The molecule has 21 heavy (non-hydrogen) atoms. The predicted molar refractivity (Wildman–Crippen MR) is 82.9 cm³/mol. The van der Waals surface area contributed by atoms with Crippen molar-refractivity contribution < 1.29 is 8.42 Å². The highest BCUT2D eigenvalue weighted by atomic mass is 35.5. The number of rotatable bonds is 3. The average molecular weight is 363 g/mol. The van der Waals surface area contributed by atoms with Crippen LogP contribution in [0.2, 0.25) is 10.3 Å². The van der Waals surface area contributed by atoms with Crippen LogP contribution in [0.4, 0.5) is 5.69 Å². The second-order valence-electron chi connectivity index (χ2n) is 4.22. The maximum absolute atomic E-state index is 12.5. The van der Waals surface area contributed by atoms with Crippen molar-refractivity contribution in [3.63, 3.8) is 0 Å². The van der Waals surface area contributed by atoms with Crippen LogP contribution in [0, 0.1) is 6.92 Å². The van der Waals surface area contributed by atoms with Gasteiger partial charge in [0.1, 0.15) is 0 Å². The molecule has 0 atom stereocenters. The molecule has 1 N–H and O–H groups in total. The first-order valence-corrected chi connectivity index (χ1v) is 8.76. The quantitative estimate of drug-likeness (QED) is 0.725. The zero-order valence-electron chi connectivity index (χ0n) is 10.5. The van der Waals surface area contributed by atoms with E-state index in [4.69, 9.17) is 23.2 Å². The summed E-state index contributed by atoms with van der Waals surface area (Å²) in [6, 6.07) is 1.59. The fourth-order valence-corrected chi connectivity index (χ4v) is 4.52. The molecule has 0 aliphatic carbocycles. The molecule has 3 heterocycles. The van der Waals surface area contributed by atoms with E-state index in [2.05, 4.69) is 14.7 Å². The fourth-order valence-electron chi connectivity index (χ4n) is 1.80. The van der Waals surface area contributed by atoms with Gasteiger partial charge in [0.05, 0.1) is 5.69 Å². The molecule has 0 aliphatic heterocycles. The number of hydrogen-bond acceptors (Lipinski definition) is 5. The Morgan fingerprint density at radius 1 is 1.33 bits per heavy atom. The number of thiazole rings is 1. The summed E-state index contributed by atoms with van der Waals surface area (Å²) in [6.07, 6.45) is 3.13. The largest absolute Gasteiger partial charge is 0.281 e. The minimum Gasteiger partial charge on any atom is -0.278 e. The van der Waals surface area contributed by atoms with Gasteiger partial charge in [0.15, 0.2) is 20.3 Å². The summed E-state index contributed by atoms with van der Waals surface area (Å²) in [5.74, 6) is 0. The topological polar surface area (TPSA) is 76.4 Å². The first kappa shape index (κ1) is 14.6. The molecule has 3 rings (SSSR count). The Morgan fingerprint density at radius 2 is 2.10 bits per heavy atom. The summed E-state index contributed by atoms with van der Waals surface area (Å²) in [5, 5.41) is 1.56. The monoisotopic (exact) mass is 362 g/mol. The number of aromatic nitrogens is 3. The second kappa shape index (κ2) is 5.13. The Hall–Kier alpha value is -1.35. The van der Waals surface area contributed by atoms with Crippen LogP contribution in [0.3, 0.4) is 0 Å². The highest BCUT2D eigenvalue weighted by Crippen LogP contribution is 2.29. The first-order chi connectivity index (χ1) is 9.88. The summed E-state index contributed by atoms with van der Waals surface area (Å²) in [5.41, 5.74) is 0.968. The standard InChI is InChI=1S/C11H8Cl2N4O2S2/c1-6-4-7(8(12)14-5-6)16-21(18,19)10-9(13)15-11-17(10)2-3-20-11/h2-5,16H,1H3. The summed E-state index contributed by atoms with van der Waals surface area (Å²) in [6.45, 7) is 1.78. The van der Waals surface area contributed by atoms with Crippen LogP contribution in [0.5, 0.6) is 0 Å². The number of anilines is 1. The smallest absolute Gasteiger partial charge is 0.278 e. The van der Waals surface area contributed by atoms with Crippen molar-refractivity contribution >= 4 is 55.2 Å². The molecule has 0 amide bonds. The Morgan fingerprint density at radius 3 is 2.86 bits per heavy atom. The second-order valence-corrected chi connectivity index (χ2v) is 7.41. The summed E-state index contributed by atoms with van der Waals surface area (Å²) >= 11 is 13.1. The maximum atomic E-state index is 12.5. The van der Waals surface area contributed by atoms with E-state index >= 15 is 0 Å². The van der Waals surface area contributed by atoms with E-state index < -0.39 is 10.0 Å². The van der Waals surface area contributed by atoms with E-state index in [-0.39, 0.29) is 21.0 Å². The number of pyridine rings is 1. The lowest BCUT2D eigenvalue weighted by molar-refractivity contribution is 0.596. The van der Waals surface area contributed by atoms with Gasteiger partial charge in [-0.2, -0.15) is 8.42 Å². The van der Waals surface area contributed by atoms with Gasteiger partial charge in [-0.3, -0.25) is 9.12 Å². The van der Waals surface area contributed by atoms with Crippen molar-refractivity contribution in [2.45, 2.75) is 11.9 Å². The molecule has 3 aromatic heterocycles. The number of nitrogens with one attached hydrogen (secondary N) is 1. The lowest BCUT2D eigenvalue weighted by atomic mass is 10.3. The van der Waals surface area contributed by atoms with E-state index in [1.807, 2.05) is 0 Å². The molecule has 0 saturated heterocycles. The van der Waals surface area contributed by atoms with Crippen LogP contribution in [0.25, 0.3) is 4.96 Å². The van der Waals surface area contributed by atoms with Crippen LogP contribution in [-0.2, 0) is 10.0 Å². The van der Waals surface area contributed by atoms with Gasteiger partial charge in [0.25, 0.3) is 10.0 Å². The molecule has 0 fully saturated rings. The van der Waals surface area contributed by atoms with Gasteiger partial charge in [-0.25, -0.2) is 9.97 Å². The third kappa shape index (κ3) is 2.59. The number of fused-ring (bicyclic) bond motifs is 1. The zero-order valence-corrected chi connectivity index (χ0v) is 13.7. The molecule has 110 valence electrons. The summed E-state index contributed by atoms with van der Waals surface area (Å²) in [7, 11) is -3.94. The molecule has 0 aromatic carbocycles. The molecular formula is C11H8Cl2N4O2S2. The molecule has 0 spiro atoms. The van der Waals surface area contributed by atoms with E-state index in [9.17, 15) is 8.42 Å². The highest BCUT2D eigenvalue weighted by Gasteiger charge is 2.26. The summed E-state index contributed by atoms with van der Waals surface area (Å²) < 4.78 is 28.8. The van der Waals surface area contributed by atoms with Crippen molar-refractivity contribution in [3.8, 4) is 0 Å². The molecule has 0 bridgehead atoms. The van der Waals surface area contributed by atoms with E-state index in [0.29, 0.717) is 4.96 Å². The third-order valence-corrected chi connectivity index (χ3v) is 5.47. The zero-order chi connectivity index (χ0) is 15.2. The van der Waals surface area contributed by atoms with Crippen LogP contribution in [-0.4, -0.2) is 22.8 Å². The minimum absolute atomic E-state index is 0.0615. The number of hydrogen-bond donors (Lipinski definition) is 1. The van der Waals surface area contributed by atoms with Gasteiger partial charge in [-0.15, -0.1) is 11.3 Å². The van der Waals surface area contributed by atoms with Crippen LogP contribution < -0.4 is 4.72 Å². The van der Waals surface area contributed by atoms with Crippen molar-refractivity contribution in [1.82, 2.24) is 14.4 Å². The molecular weight excluding hydrogens is 355 g/mol. The van der Waals surface area contributed by atoms with E-state index in [1.165, 1.54) is 15.7 Å².